The van der Waals surface area contributed by atoms with Crippen LogP contribution in [0, 0.1) is 6.92 Å². The summed E-state index contributed by atoms with van der Waals surface area (Å²) in [6.45, 7) is 4.24. The number of primary amides is 1. The fourth-order valence-electron chi connectivity index (χ4n) is 2.53. The molecule has 1 unspecified atom stereocenters. The molecule has 0 radical (unpaired) electrons. The first-order valence-electron chi connectivity index (χ1n) is 6.37. The van der Waals surface area contributed by atoms with Crippen LogP contribution in [0.25, 0.3) is 0 Å². The summed E-state index contributed by atoms with van der Waals surface area (Å²) in [7, 11) is 3.77. The molecule has 1 aromatic rings. The van der Waals surface area contributed by atoms with Gasteiger partial charge in [-0.05, 0) is 14.0 Å². The van der Waals surface area contributed by atoms with Gasteiger partial charge >= 0.3 is 0 Å². The normalized spacial score (nSPS) is 19.7. The maximum atomic E-state index is 11.6. The van der Waals surface area contributed by atoms with Crippen molar-refractivity contribution in [2.45, 2.75) is 19.5 Å². The third-order valence-electron chi connectivity index (χ3n) is 3.40. The molecule has 1 aliphatic heterocycles. The van der Waals surface area contributed by atoms with Crippen molar-refractivity contribution in [3.63, 3.8) is 0 Å². The molecule has 1 aliphatic rings. The predicted molar refractivity (Wildman–Crippen MR) is 71.9 cm³/mol. The average Bonchev–Trinajstić information content (AvgIpc) is 2.65. The molecule has 0 aromatic carbocycles. The molecule has 2 heterocycles. The number of nitrogens with two attached hydrogens (primary N) is 1. The molecule has 0 spiro atoms. The summed E-state index contributed by atoms with van der Waals surface area (Å²) in [5.41, 5.74) is 7.53. The van der Waals surface area contributed by atoms with Gasteiger partial charge in [0.15, 0.2) is 0 Å². The zero-order valence-corrected chi connectivity index (χ0v) is 11.6. The number of hydrogen-bond donors (Lipinski definition) is 2. The molecule has 1 amide bonds. The van der Waals surface area contributed by atoms with Crippen LogP contribution in [0.4, 0.5) is 5.82 Å². The Morgan fingerprint density at radius 2 is 2.37 bits per heavy atom. The zero-order valence-electron chi connectivity index (χ0n) is 11.6. The van der Waals surface area contributed by atoms with E-state index in [-0.39, 0.29) is 5.91 Å². The zero-order chi connectivity index (χ0) is 14.0. The number of nitrogens with one attached hydrogen (secondary N) is 1. The number of aromatic nitrogens is 2. The summed E-state index contributed by atoms with van der Waals surface area (Å²) in [6, 6.07) is -0.431. The Hall–Kier alpha value is -1.60. The van der Waals surface area contributed by atoms with E-state index in [0.29, 0.717) is 26.3 Å². The van der Waals surface area contributed by atoms with Crippen LogP contribution in [0.1, 0.15) is 11.3 Å². The summed E-state index contributed by atoms with van der Waals surface area (Å²) < 4.78 is 7.16. The van der Waals surface area contributed by atoms with Crippen molar-refractivity contribution in [2.24, 2.45) is 12.8 Å². The summed E-state index contributed by atoms with van der Waals surface area (Å²) in [5.74, 6) is 0.577. The quantitative estimate of drug-likeness (QED) is 0.741. The summed E-state index contributed by atoms with van der Waals surface area (Å²) in [4.78, 5) is 13.6. The molecule has 7 heteroatoms. The number of rotatable bonds is 4. The van der Waals surface area contributed by atoms with Gasteiger partial charge in [0.2, 0.25) is 5.91 Å². The van der Waals surface area contributed by atoms with E-state index in [9.17, 15) is 4.79 Å². The second-order valence-electron chi connectivity index (χ2n) is 4.73. The number of amides is 1. The molecule has 0 bridgehead atoms. The lowest BCUT2D eigenvalue weighted by atomic mass is 10.1. The first kappa shape index (κ1) is 13.8. The van der Waals surface area contributed by atoms with Gasteiger partial charge in [0.05, 0.1) is 18.9 Å². The number of hydrogen-bond acceptors (Lipinski definition) is 5. The van der Waals surface area contributed by atoms with Gasteiger partial charge in [-0.2, -0.15) is 5.10 Å². The van der Waals surface area contributed by atoms with Crippen molar-refractivity contribution in [2.75, 3.05) is 31.7 Å². The Labute approximate surface area is 112 Å². The number of morpholine rings is 1. The Morgan fingerprint density at radius 1 is 1.63 bits per heavy atom. The van der Waals surface area contributed by atoms with Gasteiger partial charge in [-0.1, -0.05) is 0 Å². The smallest absolute Gasteiger partial charge is 0.242 e. The molecule has 106 valence electrons. The molecular weight excluding hydrogens is 246 g/mol. The number of carbonyl (C=O) groups excluding carboxylic acids is 1. The van der Waals surface area contributed by atoms with E-state index in [2.05, 4.69) is 10.4 Å². The molecule has 0 aliphatic carbocycles. The monoisotopic (exact) mass is 267 g/mol. The van der Waals surface area contributed by atoms with Crippen molar-refractivity contribution >= 4 is 11.7 Å². The molecule has 1 fully saturated rings. The van der Waals surface area contributed by atoms with E-state index < -0.39 is 6.04 Å². The molecule has 7 nitrogen and oxygen atoms in total. The Balaban J connectivity index is 2.40. The SMILES string of the molecule is CNCc1c(C)nn(C)c1N1CCOCC1C(N)=O. The Bertz CT molecular complexity index is 471. The van der Waals surface area contributed by atoms with Gasteiger partial charge < -0.3 is 20.7 Å². The highest BCUT2D eigenvalue weighted by Gasteiger charge is 2.31. The van der Waals surface area contributed by atoms with Gasteiger partial charge in [-0.3, -0.25) is 9.48 Å². The summed E-state index contributed by atoms with van der Waals surface area (Å²) in [6.07, 6.45) is 0. The maximum Gasteiger partial charge on any atom is 0.242 e. The van der Waals surface area contributed by atoms with Crippen molar-refractivity contribution in [1.82, 2.24) is 15.1 Å². The first-order valence-corrected chi connectivity index (χ1v) is 6.37. The highest BCUT2D eigenvalue weighted by atomic mass is 16.5. The van der Waals surface area contributed by atoms with E-state index in [1.165, 1.54) is 0 Å². The van der Waals surface area contributed by atoms with Gasteiger partial charge in [-0.15, -0.1) is 0 Å². The highest BCUT2D eigenvalue weighted by Crippen LogP contribution is 2.26. The van der Waals surface area contributed by atoms with E-state index in [1.54, 1.807) is 0 Å². The number of carbonyl (C=O) groups is 1. The number of aryl methyl sites for hydroxylation is 2. The first-order chi connectivity index (χ1) is 9.06. The van der Waals surface area contributed by atoms with Crippen molar-refractivity contribution in [1.29, 1.82) is 0 Å². The molecule has 1 saturated heterocycles. The van der Waals surface area contributed by atoms with E-state index in [0.717, 1.165) is 17.1 Å². The van der Waals surface area contributed by atoms with Gasteiger partial charge in [0.25, 0.3) is 0 Å². The van der Waals surface area contributed by atoms with Crippen molar-refractivity contribution < 1.29 is 9.53 Å². The second kappa shape index (κ2) is 5.58. The molecule has 3 N–H and O–H groups in total. The maximum absolute atomic E-state index is 11.6. The third kappa shape index (κ3) is 2.57. The van der Waals surface area contributed by atoms with Crippen LogP contribution < -0.4 is 16.0 Å². The van der Waals surface area contributed by atoms with E-state index >= 15 is 0 Å². The standard InChI is InChI=1S/C12H21N5O2/c1-8-9(6-14-2)12(16(3)15-8)17-4-5-19-7-10(17)11(13)18/h10,14H,4-7H2,1-3H3,(H2,13,18). The molecule has 0 saturated carbocycles. The summed E-state index contributed by atoms with van der Waals surface area (Å²) >= 11 is 0. The van der Waals surface area contributed by atoms with Crippen molar-refractivity contribution in [3.8, 4) is 0 Å². The largest absolute Gasteiger partial charge is 0.377 e. The molecule has 1 atom stereocenters. The lowest BCUT2D eigenvalue weighted by Crippen LogP contribution is -2.53. The van der Waals surface area contributed by atoms with Crippen LogP contribution >= 0.6 is 0 Å². The average molecular weight is 267 g/mol. The fourth-order valence-corrected chi connectivity index (χ4v) is 2.53. The molecule has 1 aromatic heterocycles. The minimum absolute atomic E-state index is 0.332. The Kier molecular flexibility index (Phi) is 4.06. The lowest BCUT2D eigenvalue weighted by Gasteiger charge is -2.35. The van der Waals surface area contributed by atoms with Crippen LogP contribution in [0.2, 0.25) is 0 Å². The number of nitrogens with zero attached hydrogens (tertiary/aromatic N) is 3. The third-order valence-corrected chi connectivity index (χ3v) is 3.40. The van der Waals surface area contributed by atoms with E-state index in [1.807, 2.05) is 30.6 Å². The highest BCUT2D eigenvalue weighted by molar-refractivity contribution is 5.84. The Morgan fingerprint density at radius 3 is 3.00 bits per heavy atom. The predicted octanol–water partition coefficient (Wildman–Crippen LogP) is -0.862. The number of anilines is 1. The topological polar surface area (TPSA) is 85.4 Å². The summed E-state index contributed by atoms with van der Waals surface area (Å²) in [5, 5.41) is 7.57. The van der Waals surface area contributed by atoms with Gasteiger partial charge in [0.1, 0.15) is 11.9 Å². The molecule has 19 heavy (non-hydrogen) atoms. The molecule has 2 rings (SSSR count). The van der Waals surface area contributed by atoms with Crippen LogP contribution in [-0.4, -0.2) is 48.5 Å². The van der Waals surface area contributed by atoms with Crippen LogP contribution in [0.5, 0.6) is 0 Å². The fraction of sp³-hybridized carbons (Fsp3) is 0.667. The molecular formula is C12H21N5O2. The van der Waals surface area contributed by atoms with Gasteiger partial charge in [0, 0.05) is 25.7 Å². The minimum Gasteiger partial charge on any atom is -0.377 e. The van der Waals surface area contributed by atoms with E-state index in [4.69, 9.17) is 10.5 Å². The second-order valence-corrected chi connectivity index (χ2v) is 4.73. The minimum atomic E-state index is -0.431. The van der Waals surface area contributed by atoms with Crippen LogP contribution in [0.3, 0.4) is 0 Å². The lowest BCUT2D eigenvalue weighted by molar-refractivity contribution is -0.121. The van der Waals surface area contributed by atoms with Crippen LogP contribution in [-0.2, 0) is 23.1 Å². The van der Waals surface area contributed by atoms with Crippen molar-refractivity contribution in [3.05, 3.63) is 11.3 Å². The van der Waals surface area contributed by atoms with Gasteiger partial charge in [-0.25, -0.2) is 0 Å². The number of ether oxygens (including phenoxy) is 1. The van der Waals surface area contributed by atoms with Crippen LogP contribution in [0.15, 0.2) is 0 Å².